The Labute approximate surface area is 231 Å². The molecule has 0 saturated heterocycles. The minimum absolute atomic E-state index is 0.372. The van der Waals surface area contributed by atoms with Gasteiger partial charge in [-0.15, -0.1) is 0 Å². The van der Waals surface area contributed by atoms with Gasteiger partial charge in [-0.3, -0.25) is 0 Å². The fourth-order valence-electron chi connectivity index (χ4n) is 6.04. The number of aromatic nitrogens is 1. The predicted octanol–water partition coefficient (Wildman–Crippen LogP) is 10.0. The Morgan fingerprint density at radius 2 is 1.26 bits per heavy atom. The van der Waals surface area contributed by atoms with Crippen LogP contribution in [0, 0.1) is 0 Å². The molecule has 1 aromatic heterocycles. The summed E-state index contributed by atoms with van der Waals surface area (Å²) in [6.07, 6.45) is 7.78. The first kappa shape index (κ1) is 23.0. The van der Waals surface area contributed by atoms with E-state index in [0.717, 1.165) is 10.9 Å². The zero-order valence-electron chi connectivity index (χ0n) is 20.9. The molecule has 5 aromatic carbocycles. The first-order valence-corrected chi connectivity index (χ1v) is 13.8. The second-order valence-electron chi connectivity index (χ2n) is 9.98. The molecular formula is C36H26BrN. The van der Waals surface area contributed by atoms with E-state index in [1.54, 1.807) is 0 Å². The van der Waals surface area contributed by atoms with Crippen LogP contribution in [0.3, 0.4) is 0 Å². The lowest BCUT2D eigenvalue weighted by Crippen LogP contribution is -2.34. The lowest BCUT2D eigenvalue weighted by molar-refractivity contribution is 0.485. The van der Waals surface area contributed by atoms with Crippen LogP contribution in [-0.2, 0) is 5.54 Å². The molecule has 1 aliphatic carbocycles. The topological polar surface area (TPSA) is 4.93 Å². The standard InChI is InChI=1S/C36H26BrN/c37-31-20-21-35-33(24-31)32-18-7-8-19-34(32)38(35)36(30-16-5-2-6-17-30)22-10-15-29(25-36)28-14-9-13-27(23-28)26-11-3-1-4-12-26/h1-24H,25H2. The van der Waals surface area contributed by atoms with Crippen LogP contribution in [0.2, 0.25) is 0 Å². The molecule has 0 aliphatic heterocycles. The molecule has 0 N–H and O–H groups in total. The highest BCUT2D eigenvalue weighted by atomic mass is 79.9. The van der Waals surface area contributed by atoms with Crippen molar-refractivity contribution in [3.63, 3.8) is 0 Å². The van der Waals surface area contributed by atoms with Crippen molar-refractivity contribution in [2.24, 2.45) is 0 Å². The Hall–Kier alpha value is -4.14. The number of nitrogens with zero attached hydrogens (tertiary/aromatic N) is 1. The van der Waals surface area contributed by atoms with Crippen LogP contribution in [0.15, 0.2) is 150 Å². The summed E-state index contributed by atoms with van der Waals surface area (Å²) >= 11 is 3.72. The van der Waals surface area contributed by atoms with Crippen LogP contribution in [0.4, 0.5) is 0 Å². The minimum Gasteiger partial charge on any atom is -0.326 e. The summed E-state index contributed by atoms with van der Waals surface area (Å²) in [6, 6.07) is 46.0. The lowest BCUT2D eigenvalue weighted by atomic mass is 9.78. The maximum atomic E-state index is 3.72. The van der Waals surface area contributed by atoms with Gasteiger partial charge in [-0.1, -0.05) is 131 Å². The highest BCUT2D eigenvalue weighted by molar-refractivity contribution is 9.10. The van der Waals surface area contributed by atoms with Gasteiger partial charge in [-0.05, 0) is 58.2 Å². The maximum absolute atomic E-state index is 3.72. The number of fused-ring (bicyclic) bond motifs is 3. The van der Waals surface area contributed by atoms with Crippen molar-refractivity contribution in [1.82, 2.24) is 4.57 Å². The average Bonchev–Trinajstić information content (AvgIpc) is 3.32. The molecule has 6 aromatic rings. The Morgan fingerprint density at radius 3 is 2.11 bits per heavy atom. The molecule has 1 heterocycles. The van der Waals surface area contributed by atoms with E-state index < -0.39 is 0 Å². The zero-order chi connectivity index (χ0) is 25.5. The fourth-order valence-corrected chi connectivity index (χ4v) is 6.40. The summed E-state index contributed by atoms with van der Waals surface area (Å²) in [5, 5.41) is 2.54. The third-order valence-corrected chi connectivity index (χ3v) is 8.27. The van der Waals surface area contributed by atoms with Gasteiger partial charge in [0.1, 0.15) is 0 Å². The van der Waals surface area contributed by atoms with E-state index in [1.807, 2.05) is 0 Å². The Balaban J connectivity index is 1.45. The lowest BCUT2D eigenvalue weighted by Gasteiger charge is -2.38. The second kappa shape index (κ2) is 9.31. The Kier molecular flexibility index (Phi) is 5.64. The minimum atomic E-state index is -0.372. The molecular weight excluding hydrogens is 526 g/mol. The predicted molar refractivity (Wildman–Crippen MR) is 164 cm³/mol. The number of benzene rings is 5. The van der Waals surface area contributed by atoms with E-state index in [-0.39, 0.29) is 5.54 Å². The molecule has 2 heteroatoms. The van der Waals surface area contributed by atoms with Gasteiger partial charge in [-0.25, -0.2) is 0 Å². The van der Waals surface area contributed by atoms with Crippen LogP contribution >= 0.6 is 15.9 Å². The van der Waals surface area contributed by atoms with Crippen LogP contribution in [0.1, 0.15) is 17.5 Å². The van der Waals surface area contributed by atoms with Crippen molar-refractivity contribution in [1.29, 1.82) is 0 Å². The van der Waals surface area contributed by atoms with E-state index in [1.165, 1.54) is 49.6 Å². The maximum Gasteiger partial charge on any atom is 0.0929 e. The van der Waals surface area contributed by atoms with Crippen LogP contribution in [-0.4, -0.2) is 4.57 Å². The highest BCUT2D eigenvalue weighted by Crippen LogP contribution is 2.46. The summed E-state index contributed by atoms with van der Waals surface area (Å²) in [5.41, 5.74) is 8.47. The smallest absolute Gasteiger partial charge is 0.0929 e. The largest absolute Gasteiger partial charge is 0.326 e. The quantitative estimate of drug-likeness (QED) is 0.205. The molecule has 1 aliphatic rings. The monoisotopic (exact) mass is 551 g/mol. The van der Waals surface area contributed by atoms with E-state index in [4.69, 9.17) is 0 Å². The molecule has 0 amide bonds. The summed E-state index contributed by atoms with van der Waals surface area (Å²) in [6.45, 7) is 0. The van der Waals surface area contributed by atoms with Crippen LogP contribution in [0.5, 0.6) is 0 Å². The molecule has 1 atom stereocenters. The second-order valence-corrected chi connectivity index (χ2v) is 10.9. The van der Waals surface area contributed by atoms with E-state index >= 15 is 0 Å². The summed E-state index contributed by atoms with van der Waals surface area (Å²) in [7, 11) is 0. The van der Waals surface area contributed by atoms with Crippen molar-refractivity contribution in [2.75, 3.05) is 0 Å². The molecule has 7 rings (SSSR count). The Bertz CT molecular complexity index is 1840. The van der Waals surface area contributed by atoms with Gasteiger partial charge in [0, 0.05) is 21.7 Å². The molecule has 182 valence electrons. The number of rotatable bonds is 4. The van der Waals surface area contributed by atoms with Crippen LogP contribution in [0.25, 0.3) is 38.5 Å². The third kappa shape index (κ3) is 3.76. The molecule has 0 saturated carbocycles. The number of para-hydroxylation sites is 1. The summed E-state index contributed by atoms with van der Waals surface area (Å²) in [5.74, 6) is 0. The Morgan fingerprint density at radius 1 is 0.579 bits per heavy atom. The third-order valence-electron chi connectivity index (χ3n) is 7.78. The van der Waals surface area contributed by atoms with Gasteiger partial charge < -0.3 is 4.57 Å². The van der Waals surface area contributed by atoms with E-state index in [2.05, 4.69) is 166 Å². The first-order valence-electron chi connectivity index (χ1n) is 13.0. The normalized spacial score (nSPS) is 17.1. The highest BCUT2D eigenvalue weighted by Gasteiger charge is 2.36. The van der Waals surface area contributed by atoms with Crippen molar-refractivity contribution in [2.45, 2.75) is 12.0 Å². The summed E-state index contributed by atoms with van der Waals surface area (Å²) in [4.78, 5) is 0. The van der Waals surface area contributed by atoms with Crippen molar-refractivity contribution in [3.05, 3.63) is 161 Å². The van der Waals surface area contributed by atoms with Gasteiger partial charge in [-0.2, -0.15) is 0 Å². The molecule has 0 bridgehead atoms. The van der Waals surface area contributed by atoms with Gasteiger partial charge >= 0.3 is 0 Å². The van der Waals surface area contributed by atoms with Gasteiger partial charge in [0.25, 0.3) is 0 Å². The van der Waals surface area contributed by atoms with Crippen molar-refractivity contribution in [3.8, 4) is 11.1 Å². The molecule has 0 spiro atoms. The molecule has 0 fully saturated rings. The SMILES string of the molecule is Brc1ccc2c(c1)c1ccccc1n2C1(c2ccccc2)C=CC=C(c2cccc(-c3ccccc3)c2)C1. The van der Waals surface area contributed by atoms with Crippen LogP contribution < -0.4 is 0 Å². The zero-order valence-corrected chi connectivity index (χ0v) is 22.5. The number of allylic oxidation sites excluding steroid dienone is 4. The first-order chi connectivity index (χ1) is 18.7. The number of halogens is 1. The van der Waals surface area contributed by atoms with Crippen molar-refractivity contribution >= 4 is 43.3 Å². The number of hydrogen-bond donors (Lipinski definition) is 0. The van der Waals surface area contributed by atoms with Gasteiger partial charge in [0.15, 0.2) is 0 Å². The molecule has 1 unspecified atom stereocenters. The van der Waals surface area contributed by atoms with Crippen molar-refractivity contribution < 1.29 is 0 Å². The number of hydrogen-bond acceptors (Lipinski definition) is 0. The van der Waals surface area contributed by atoms with Gasteiger partial charge in [0.05, 0.1) is 16.6 Å². The molecule has 1 nitrogen and oxygen atoms in total. The average molecular weight is 553 g/mol. The summed E-state index contributed by atoms with van der Waals surface area (Å²) < 4.78 is 3.66. The van der Waals surface area contributed by atoms with E-state index in [0.29, 0.717) is 0 Å². The fraction of sp³-hybridized carbons (Fsp3) is 0.0556. The van der Waals surface area contributed by atoms with E-state index in [9.17, 15) is 0 Å². The van der Waals surface area contributed by atoms with Gasteiger partial charge in [0.2, 0.25) is 0 Å². The molecule has 0 radical (unpaired) electrons. The molecule has 38 heavy (non-hydrogen) atoms.